The van der Waals surface area contributed by atoms with Gasteiger partial charge in [-0.3, -0.25) is 4.68 Å². The molecule has 0 amide bonds. The summed E-state index contributed by atoms with van der Waals surface area (Å²) in [6.45, 7) is 5.19. The normalized spacial score (nSPS) is 18.0. The van der Waals surface area contributed by atoms with E-state index in [2.05, 4.69) is 21.3 Å². The zero-order chi connectivity index (χ0) is 17.4. The lowest BCUT2D eigenvalue weighted by Gasteiger charge is -2.37. The average Bonchev–Trinajstić information content (AvgIpc) is 3.16. The molecule has 2 aromatic rings. The van der Waals surface area contributed by atoms with Gasteiger partial charge in [-0.05, 0) is 49.1 Å². The third-order valence-electron chi connectivity index (χ3n) is 4.90. The molecule has 3 rings (SSSR count). The van der Waals surface area contributed by atoms with E-state index in [9.17, 15) is 8.42 Å². The molecule has 0 unspecified atom stereocenters. The maximum Gasteiger partial charge on any atom is 0.244 e. The Hall–Kier alpha value is -1.22. The van der Waals surface area contributed by atoms with Gasteiger partial charge in [0.15, 0.2) is 0 Å². The van der Waals surface area contributed by atoms with Gasteiger partial charge in [-0.15, -0.1) is 0 Å². The van der Waals surface area contributed by atoms with E-state index >= 15 is 0 Å². The predicted molar refractivity (Wildman–Crippen MR) is 93.9 cm³/mol. The molecule has 24 heavy (non-hydrogen) atoms. The van der Waals surface area contributed by atoms with Gasteiger partial charge in [-0.25, -0.2) is 13.1 Å². The molecular formula is C16H23N3O3S2. The van der Waals surface area contributed by atoms with Crippen molar-refractivity contribution in [2.45, 2.75) is 37.0 Å². The van der Waals surface area contributed by atoms with E-state index in [1.807, 2.05) is 5.38 Å². The van der Waals surface area contributed by atoms with E-state index in [4.69, 9.17) is 4.74 Å². The highest BCUT2D eigenvalue weighted by Crippen LogP contribution is 2.36. The molecule has 1 fully saturated rings. The molecule has 1 aliphatic heterocycles. The molecule has 6 nitrogen and oxygen atoms in total. The van der Waals surface area contributed by atoms with Gasteiger partial charge in [0.1, 0.15) is 4.90 Å². The summed E-state index contributed by atoms with van der Waals surface area (Å²) in [6, 6.07) is 2.09. The molecule has 1 saturated heterocycles. The standard InChI is InChI=1S/C16H23N3O3S2/c1-12-15(13(2)19(3)18-12)24(20,21)17-11-16(5-7-22-8-6-16)14-4-9-23-10-14/h4,9-10,17H,5-8,11H2,1-3H3. The zero-order valence-corrected chi connectivity index (χ0v) is 15.8. The Kier molecular flexibility index (Phi) is 4.83. The number of ether oxygens (including phenoxy) is 1. The van der Waals surface area contributed by atoms with Gasteiger partial charge >= 0.3 is 0 Å². The van der Waals surface area contributed by atoms with E-state index in [0.717, 1.165) is 12.8 Å². The van der Waals surface area contributed by atoms with Crippen LogP contribution in [0.1, 0.15) is 29.8 Å². The van der Waals surface area contributed by atoms with Crippen LogP contribution in [0.15, 0.2) is 21.7 Å². The Morgan fingerprint density at radius 3 is 2.62 bits per heavy atom. The van der Waals surface area contributed by atoms with Gasteiger partial charge in [0.2, 0.25) is 10.0 Å². The largest absolute Gasteiger partial charge is 0.381 e. The number of aryl methyl sites for hydroxylation is 2. The van der Waals surface area contributed by atoms with Crippen molar-refractivity contribution in [1.82, 2.24) is 14.5 Å². The van der Waals surface area contributed by atoms with Gasteiger partial charge in [0.05, 0.1) is 11.4 Å². The van der Waals surface area contributed by atoms with Crippen LogP contribution >= 0.6 is 11.3 Å². The monoisotopic (exact) mass is 369 g/mol. The Balaban J connectivity index is 1.87. The number of sulfonamides is 1. The summed E-state index contributed by atoms with van der Waals surface area (Å²) in [4.78, 5) is 0.289. The first kappa shape index (κ1) is 17.6. The van der Waals surface area contributed by atoms with Crippen LogP contribution in [0, 0.1) is 13.8 Å². The summed E-state index contributed by atoms with van der Waals surface area (Å²) in [5.41, 5.74) is 2.17. The van der Waals surface area contributed by atoms with E-state index in [1.165, 1.54) is 5.56 Å². The molecule has 1 aliphatic rings. The molecule has 0 bridgehead atoms. The molecule has 0 spiro atoms. The molecular weight excluding hydrogens is 346 g/mol. The van der Waals surface area contributed by atoms with Gasteiger partial charge in [-0.2, -0.15) is 16.4 Å². The minimum absolute atomic E-state index is 0.199. The molecule has 132 valence electrons. The number of nitrogens with one attached hydrogen (secondary N) is 1. The van der Waals surface area contributed by atoms with Crippen LogP contribution in [-0.4, -0.2) is 38.0 Å². The van der Waals surface area contributed by atoms with Gasteiger partial charge in [-0.1, -0.05) is 0 Å². The first-order chi connectivity index (χ1) is 11.4. The van der Waals surface area contributed by atoms with Gasteiger partial charge < -0.3 is 4.74 Å². The second kappa shape index (κ2) is 6.59. The van der Waals surface area contributed by atoms with Crippen molar-refractivity contribution in [3.05, 3.63) is 33.8 Å². The summed E-state index contributed by atoms with van der Waals surface area (Å²) in [6.07, 6.45) is 1.63. The highest BCUT2D eigenvalue weighted by atomic mass is 32.2. The molecule has 0 radical (unpaired) electrons. The minimum atomic E-state index is -3.60. The Morgan fingerprint density at radius 1 is 1.38 bits per heavy atom. The van der Waals surface area contributed by atoms with Crippen LogP contribution in [0.4, 0.5) is 0 Å². The summed E-state index contributed by atoms with van der Waals surface area (Å²) >= 11 is 1.64. The number of aromatic nitrogens is 2. The minimum Gasteiger partial charge on any atom is -0.381 e. The van der Waals surface area contributed by atoms with Crippen molar-refractivity contribution in [3.63, 3.8) is 0 Å². The molecule has 1 N–H and O–H groups in total. The van der Waals surface area contributed by atoms with Crippen LogP contribution in [0.5, 0.6) is 0 Å². The van der Waals surface area contributed by atoms with E-state index in [1.54, 1.807) is 36.9 Å². The topological polar surface area (TPSA) is 73.2 Å². The van der Waals surface area contributed by atoms with Crippen LogP contribution in [0.25, 0.3) is 0 Å². The fraction of sp³-hybridized carbons (Fsp3) is 0.562. The highest BCUT2D eigenvalue weighted by molar-refractivity contribution is 7.89. The van der Waals surface area contributed by atoms with Crippen molar-refractivity contribution in [2.24, 2.45) is 7.05 Å². The van der Waals surface area contributed by atoms with Crippen molar-refractivity contribution in [1.29, 1.82) is 0 Å². The first-order valence-corrected chi connectivity index (χ1v) is 10.4. The predicted octanol–water partition coefficient (Wildman–Crippen LogP) is 2.13. The molecule has 0 atom stereocenters. The third-order valence-corrected chi connectivity index (χ3v) is 7.23. The lowest BCUT2D eigenvalue weighted by Crippen LogP contribution is -2.44. The van der Waals surface area contributed by atoms with Crippen LogP contribution in [0.2, 0.25) is 0 Å². The van der Waals surface area contributed by atoms with Crippen LogP contribution in [-0.2, 0) is 27.2 Å². The zero-order valence-electron chi connectivity index (χ0n) is 14.2. The molecule has 2 aromatic heterocycles. The molecule has 8 heteroatoms. The van der Waals surface area contributed by atoms with E-state index in [0.29, 0.717) is 31.1 Å². The molecule has 0 aromatic carbocycles. The fourth-order valence-corrected chi connectivity index (χ4v) is 5.68. The summed E-state index contributed by atoms with van der Waals surface area (Å²) in [7, 11) is -1.84. The number of thiophene rings is 1. The number of nitrogens with zero attached hydrogens (tertiary/aromatic N) is 2. The van der Waals surface area contributed by atoms with E-state index in [-0.39, 0.29) is 10.3 Å². The van der Waals surface area contributed by atoms with Gasteiger partial charge in [0.25, 0.3) is 0 Å². The quantitative estimate of drug-likeness (QED) is 0.876. The van der Waals surface area contributed by atoms with Crippen LogP contribution in [0.3, 0.4) is 0 Å². The first-order valence-electron chi connectivity index (χ1n) is 7.96. The second-order valence-corrected chi connectivity index (χ2v) is 8.84. The maximum absolute atomic E-state index is 12.8. The lowest BCUT2D eigenvalue weighted by molar-refractivity contribution is 0.0518. The fourth-order valence-electron chi connectivity index (χ4n) is 3.34. The van der Waals surface area contributed by atoms with Crippen molar-refractivity contribution < 1.29 is 13.2 Å². The molecule has 3 heterocycles. The number of hydrogen-bond acceptors (Lipinski definition) is 5. The van der Waals surface area contributed by atoms with Crippen molar-refractivity contribution in [2.75, 3.05) is 19.8 Å². The number of rotatable bonds is 5. The Bertz CT molecular complexity index is 804. The Labute approximate surface area is 146 Å². The lowest BCUT2D eigenvalue weighted by atomic mass is 9.75. The number of hydrogen-bond donors (Lipinski definition) is 1. The Morgan fingerprint density at radius 2 is 2.08 bits per heavy atom. The average molecular weight is 370 g/mol. The highest BCUT2D eigenvalue weighted by Gasteiger charge is 2.36. The van der Waals surface area contributed by atoms with Crippen molar-refractivity contribution >= 4 is 21.4 Å². The summed E-state index contributed by atoms with van der Waals surface area (Å²) < 4.78 is 35.6. The van der Waals surface area contributed by atoms with E-state index < -0.39 is 10.0 Å². The summed E-state index contributed by atoms with van der Waals surface area (Å²) in [5.74, 6) is 0. The summed E-state index contributed by atoms with van der Waals surface area (Å²) in [5, 5.41) is 8.37. The smallest absolute Gasteiger partial charge is 0.244 e. The maximum atomic E-state index is 12.8. The SMILES string of the molecule is Cc1nn(C)c(C)c1S(=O)(=O)NCC1(c2ccsc2)CCOCC1. The molecule has 0 aliphatic carbocycles. The van der Waals surface area contributed by atoms with Gasteiger partial charge in [0, 0.05) is 32.2 Å². The molecule has 0 saturated carbocycles. The second-order valence-electron chi connectivity index (χ2n) is 6.35. The van der Waals surface area contributed by atoms with Crippen molar-refractivity contribution in [3.8, 4) is 0 Å². The third kappa shape index (κ3) is 3.15. The van der Waals surface area contributed by atoms with Crippen LogP contribution < -0.4 is 4.72 Å².